The summed E-state index contributed by atoms with van der Waals surface area (Å²) in [6.45, 7) is 0.0510. The van der Waals surface area contributed by atoms with Crippen molar-refractivity contribution in [3.8, 4) is 16.8 Å². The van der Waals surface area contributed by atoms with E-state index in [4.69, 9.17) is 0 Å². The molecule has 428 valence electrons. The van der Waals surface area contributed by atoms with E-state index in [1.807, 2.05) is 0 Å². The van der Waals surface area contributed by atoms with Crippen LogP contribution in [0.15, 0.2) is 133 Å². The monoisotopic (exact) mass is 1120 g/mol. The molecule has 0 unspecified atom stereocenters. The van der Waals surface area contributed by atoms with Gasteiger partial charge in [0.25, 0.3) is 0 Å². The molecular weight excluding hydrogens is 1040 g/mol. The second kappa shape index (κ2) is 16.2. The van der Waals surface area contributed by atoms with Gasteiger partial charge in [-0.1, -0.05) is 54.6 Å². The molecule has 0 saturated heterocycles. The Bertz CT molecular complexity index is 4290. The second-order valence-corrected chi connectivity index (χ2v) is 34.2. The molecule has 0 amide bonds. The quantitative estimate of drug-likeness (QED) is 0.145. The molecule has 7 aromatic carbocycles. The van der Waals surface area contributed by atoms with Gasteiger partial charge in [-0.3, -0.25) is 0 Å². The molecule has 16 saturated carbocycles. The van der Waals surface area contributed by atoms with Crippen LogP contribution in [-0.4, -0.2) is 15.9 Å². The van der Waals surface area contributed by atoms with Crippen molar-refractivity contribution in [3.05, 3.63) is 156 Å². The molecule has 0 radical (unpaired) electrons. The lowest BCUT2D eigenvalue weighted by molar-refractivity contribution is -0.00527. The molecule has 0 atom stereocenters. The van der Waals surface area contributed by atoms with E-state index in [-0.39, 0.29) is 17.7 Å². The van der Waals surface area contributed by atoms with Gasteiger partial charge < -0.3 is 13.9 Å². The number of para-hydroxylation sites is 2. The summed E-state index contributed by atoms with van der Waals surface area (Å²) in [4.78, 5) is 2.60. The Labute approximate surface area is 508 Å². The van der Waals surface area contributed by atoms with Crippen LogP contribution in [-0.2, 0) is 21.7 Å². The molecule has 86 heavy (non-hydrogen) atoms. The van der Waals surface area contributed by atoms with Gasteiger partial charge in [0.1, 0.15) is 0 Å². The van der Waals surface area contributed by atoms with E-state index in [1.54, 1.807) is 49.3 Å². The van der Waals surface area contributed by atoms with Gasteiger partial charge in [0.2, 0.25) is 0 Å². The molecule has 2 aromatic heterocycles. The van der Waals surface area contributed by atoms with E-state index >= 15 is 0 Å². The number of benzene rings is 7. The molecule has 27 rings (SSSR count). The summed E-state index contributed by atoms with van der Waals surface area (Å²) in [5.41, 5.74) is 25.1. The summed E-state index contributed by atoms with van der Waals surface area (Å²) in [6.07, 6.45) is 34.6. The summed E-state index contributed by atoms with van der Waals surface area (Å²) in [7, 11) is 0. The van der Waals surface area contributed by atoms with E-state index in [9.17, 15) is 0 Å². The number of fused-ring (bicyclic) bond motifs is 10. The summed E-state index contributed by atoms with van der Waals surface area (Å²) >= 11 is 0. The van der Waals surface area contributed by atoms with Crippen molar-refractivity contribution in [2.75, 3.05) is 4.90 Å². The third kappa shape index (κ3) is 6.25. The van der Waals surface area contributed by atoms with Crippen molar-refractivity contribution >= 4 is 78.4 Å². The molecular formula is C82H82BN3. The van der Waals surface area contributed by atoms with Crippen LogP contribution in [0.4, 0.5) is 17.1 Å². The van der Waals surface area contributed by atoms with Crippen molar-refractivity contribution in [3.63, 3.8) is 0 Å². The standard InChI is InChI=1S/C82H82BN3/c1-3-7-63(8-4-1)84(64-9-5-2-6-10-64)65-33-68-71-30-61(81-41-53-21-54(42-81)23-55(22-53)43-81)29-69-67-28-60(80-38-50-18-51(39-80)20-52(19-50)40-80)12-14-74(67)86(77(69)71)83-72-32-62(82-44-56-24-57(45-82)26-58(25-56)46-82)31-70-66-27-59(79-35-47-15-48(36-79)17-49(16-47)37-79)11-13-73(66)85(78(70)72)75(34-65)76(68)83/h1-14,27-34,47-58H,15-26,35-46H2. The van der Waals surface area contributed by atoms with Gasteiger partial charge in [-0.15, -0.1) is 0 Å². The summed E-state index contributed by atoms with van der Waals surface area (Å²) < 4.78 is 5.92. The molecule has 0 spiro atoms. The van der Waals surface area contributed by atoms with E-state index < -0.39 is 0 Å². The largest absolute Gasteiger partial charge is 0.375 e. The maximum atomic E-state index is 3.03. The molecule has 2 aliphatic heterocycles. The first-order chi connectivity index (χ1) is 42.2. The predicted octanol–water partition coefficient (Wildman–Crippen LogP) is 19.2. The third-order valence-corrected chi connectivity index (χ3v) is 29.2. The van der Waals surface area contributed by atoms with Gasteiger partial charge in [0, 0.05) is 60.9 Å². The number of nitrogens with zero attached hydrogens (tertiary/aromatic N) is 3. The zero-order valence-corrected chi connectivity index (χ0v) is 50.5. The Hall–Kier alpha value is -6.00. The fraction of sp³-hybridized carbons (Fsp3) is 0.488. The van der Waals surface area contributed by atoms with Crippen LogP contribution in [0.3, 0.4) is 0 Å². The van der Waals surface area contributed by atoms with Gasteiger partial charge in [-0.2, -0.15) is 0 Å². The van der Waals surface area contributed by atoms with E-state index in [0.29, 0.717) is 10.8 Å². The summed E-state index contributed by atoms with van der Waals surface area (Å²) in [6, 6.07) is 56.3. The lowest BCUT2D eigenvalue weighted by Gasteiger charge is -2.57. The molecule has 16 fully saturated rings. The number of rotatable bonds is 7. The highest BCUT2D eigenvalue weighted by Gasteiger charge is 2.57. The molecule has 9 aromatic rings. The molecule has 0 N–H and O–H groups in total. The number of hydrogen-bond acceptors (Lipinski definition) is 1. The second-order valence-electron chi connectivity index (χ2n) is 34.2. The highest BCUT2D eigenvalue weighted by Crippen LogP contribution is 2.66. The van der Waals surface area contributed by atoms with E-state index in [0.717, 1.165) is 71.0 Å². The minimum Gasteiger partial charge on any atom is -0.375 e. The number of anilines is 3. The highest BCUT2D eigenvalue weighted by molar-refractivity contribution is 6.90. The molecule has 4 heterocycles. The third-order valence-electron chi connectivity index (χ3n) is 29.2. The van der Waals surface area contributed by atoms with Crippen LogP contribution in [0, 0.1) is 71.0 Å². The summed E-state index contributed by atoms with van der Waals surface area (Å²) in [5.74, 6) is 10.8. The van der Waals surface area contributed by atoms with Crippen molar-refractivity contribution in [2.24, 2.45) is 71.0 Å². The van der Waals surface area contributed by atoms with Crippen LogP contribution in [0.1, 0.15) is 176 Å². The average Bonchev–Trinajstić information content (AvgIpc) is 1.51. The Morgan fingerprint density at radius 1 is 0.326 bits per heavy atom. The van der Waals surface area contributed by atoms with Gasteiger partial charge in [-0.25, -0.2) is 0 Å². The van der Waals surface area contributed by atoms with Crippen LogP contribution < -0.4 is 15.8 Å². The van der Waals surface area contributed by atoms with Crippen molar-refractivity contribution in [2.45, 2.75) is 176 Å². The molecule has 4 heteroatoms. The fourth-order valence-corrected chi connectivity index (χ4v) is 27.9. The topological polar surface area (TPSA) is 13.1 Å². The Morgan fingerprint density at radius 3 is 1.16 bits per heavy atom. The van der Waals surface area contributed by atoms with Gasteiger partial charge >= 0.3 is 6.85 Å². The molecule has 3 nitrogen and oxygen atoms in total. The molecule has 16 bridgehead atoms. The normalized spacial score (nSPS) is 38.0. The summed E-state index contributed by atoms with van der Waals surface area (Å²) in [5, 5.41) is 6.21. The molecule has 16 aliphatic carbocycles. The SMILES string of the molecule is c1ccc(N(c2ccccc2)c2cc3c4c(c2)-n2c5ccc(C67CC8CC(CC(C8)C6)C7)cc5c5cc(C67CC8CC(CC(C8)C6)C7)cc(c52)B4n2c4ccc(C56CC7CC(CC(C7)C5)C6)cc4c4cc(C56CC7CC(CC(C7)C5)C6)cc-3c42)cc1. The van der Waals surface area contributed by atoms with Crippen molar-refractivity contribution in [1.29, 1.82) is 0 Å². The van der Waals surface area contributed by atoms with Crippen molar-refractivity contribution in [1.82, 2.24) is 9.05 Å². The first-order valence-corrected chi connectivity index (χ1v) is 35.6. The number of aromatic nitrogens is 2. The lowest BCUT2D eigenvalue weighted by Crippen LogP contribution is -2.56. The van der Waals surface area contributed by atoms with Gasteiger partial charge in [0.15, 0.2) is 0 Å². The zero-order valence-electron chi connectivity index (χ0n) is 50.5. The Kier molecular flexibility index (Phi) is 9.07. The van der Waals surface area contributed by atoms with Crippen molar-refractivity contribution < 1.29 is 0 Å². The van der Waals surface area contributed by atoms with Crippen LogP contribution in [0.25, 0.3) is 60.4 Å². The zero-order chi connectivity index (χ0) is 55.3. The average molecular weight is 1120 g/mol. The minimum absolute atomic E-state index is 0.0510. The van der Waals surface area contributed by atoms with Gasteiger partial charge in [-0.05, 0) is 364 Å². The van der Waals surface area contributed by atoms with Crippen LogP contribution >= 0.6 is 0 Å². The maximum Gasteiger partial charge on any atom is 0.333 e. The van der Waals surface area contributed by atoms with Crippen LogP contribution in [0.5, 0.6) is 0 Å². The minimum atomic E-state index is 0.0510. The fourth-order valence-electron chi connectivity index (χ4n) is 27.9. The smallest absolute Gasteiger partial charge is 0.333 e. The Balaban J connectivity index is 0.848. The van der Waals surface area contributed by atoms with Gasteiger partial charge in [0.05, 0.1) is 11.0 Å². The lowest BCUT2D eigenvalue weighted by atomic mass is 9.44. The number of hydrogen-bond donors (Lipinski definition) is 0. The first kappa shape index (κ1) is 48.0. The van der Waals surface area contributed by atoms with Crippen LogP contribution in [0.2, 0.25) is 0 Å². The molecule has 18 aliphatic rings. The first-order valence-electron chi connectivity index (χ1n) is 35.6. The van der Waals surface area contributed by atoms with E-state index in [1.165, 1.54) is 215 Å². The highest BCUT2D eigenvalue weighted by atomic mass is 15.1. The predicted molar refractivity (Wildman–Crippen MR) is 354 cm³/mol. The van der Waals surface area contributed by atoms with E-state index in [2.05, 4.69) is 147 Å². The Morgan fingerprint density at radius 2 is 0.709 bits per heavy atom. The maximum absolute atomic E-state index is 3.03.